The van der Waals surface area contributed by atoms with Crippen LogP contribution in [-0.2, 0) is 16.6 Å². The Hall–Kier alpha value is -0.880. The van der Waals surface area contributed by atoms with Crippen LogP contribution in [0, 0.1) is 6.92 Å². The van der Waals surface area contributed by atoms with Gasteiger partial charge in [-0.1, -0.05) is 5.16 Å². The quantitative estimate of drug-likeness (QED) is 0.798. The summed E-state index contributed by atoms with van der Waals surface area (Å²) in [4.78, 5) is 0. The molecule has 1 aromatic heterocycles. The molecule has 1 heterocycles. The number of sulfonamides is 1. The maximum atomic E-state index is 11.4. The lowest BCUT2D eigenvalue weighted by Crippen LogP contribution is -2.26. The molecular formula is C8H12N2O3S. The van der Waals surface area contributed by atoms with Crippen LogP contribution in [0.4, 0.5) is 0 Å². The van der Waals surface area contributed by atoms with Crippen molar-refractivity contribution in [3.8, 4) is 0 Å². The number of nitrogens with zero attached hydrogens (tertiary/aromatic N) is 1. The normalized spacial score (nSPS) is 17.2. The number of hydrogen-bond donors (Lipinski definition) is 1. The standard InChI is InChI=1S/C8H12N2O3S/c1-6-4-7(10-13-6)5-9-14(11,12)8-2-3-8/h4,8-9H,2-3,5H2,1H3. The monoisotopic (exact) mass is 216 g/mol. The molecule has 1 saturated carbocycles. The first-order valence-corrected chi connectivity index (χ1v) is 6.03. The van der Waals surface area contributed by atoms with Crippen molar-refractivity contribution in [2.75, 3.05) is 0 Å². The van der Waals surface area contributed by atoms with E-state index in [1.165, 1.54) is 0 Å². The van der Waals surface area contributed by atoms with Crippen molar-refractivity contribution in [2.24, 2.45) is 0 Å². The Kier molecular flexibility index (Phi) is 2.32. The van der Waals surface area contributed by atoms with Gasteiger partial charge in [0.25, 0.3) is 0 Å². The van der Waals surface area contributed by atoms with Gasteiger partial charge in [-0.2, -0.15) is 0 Å². The Morgan fingerprint density at radius 1 is 1.64 bits per heavy atom. The predicted molar refractivity (Wildman–Crippen MR) is 50.0 cm³/mol. The zero-order chi connectivity index (χ0) is 10.2. The average molecular weight is 216 g/mol. The molecule has 1 aliphatic carbocycles. The van der Waals surface area contributed by atoms with E-state index in [-0.39, 0.29) is 11.8 Å². The molecule has 0 radical (unpaired) electrons. The molecule has 1 fully saturated rings. The van der Waals surface area contributed by atoms with Crippen molar-refractivity contribution in [1.82, 2.24) is 9.88 Å². The lowest BCUT2D eigenvalue weighted by Gasteiger charge is -2.01. The van der Waals surface area contributed by atoms with Crippen molar-refractivity contribution in [3.63, 3.8) is 0 Å². The highest BCUT2D eigenvalue weighted by Crippen LogP contribution is 2.27. The molecule has 0 spiro atoms. The van der Waals surface area contributed by atoms with Gasteiger partial charge in [0.1, 0.15) is 5.76 Å². The Balaban J connectivity index is 1.94. The van der Waals surface area contributed by atoms with Gasteiger partial charge in [0, 0.05) is 6.07 Å². The van der Waals surface area contributed by atoms with E-state index in [2.05, 4.69) is 9.88 Å². The van der Waals surface area contributed by atoms with Gasteiger partial charge in [-0.25, -0.2) is 13.1 Å². The first-order chi connectivity index (χ1) is 6.58. The van der Waals surface area contributed by atoms with Crippen LogP contribution < -0.4 is 4.72 Å². The molecule has 2 rings (SSSR count). The number of rotatable bonds is 4. The molecule has 5 nitrogen and oxygen atoms in total. The molecule has 0 unspecified atom stereocenters. The molecule has 1 N–H and O–H groups in total. The second-order valence-corrected chi connectivity index (χ2v) is 5.54. The largest absolute Gasteiger partial charge is 0.361 e. The third kappa shape index (κ3) is 2.13. The van der Waals surface area contributed by atoms with Crippen LogP contribution in [0.3, 0.4) is 0 Å². The smallest absolute Gasteiger partial charge is 0.214 e. The fourth-order valence-corrected chi connectivity index (χ4v) is 2.51. The van der Waals surface area contributed by atoms with Gasteiger partial charge in [-0.05, 0) is 19.8 Å². The minimum Gasteiger partial charge on any atom is -0.361 e. The zero-order valence-electron chi connectivity index (χ0n) is 7.86. The summed E-state index contributed by atoms with van der Waals surface area (Å²) in [5, 5.41) is 3.51. The summed E-state index contributed by atoms with van der Waals surface area (Å²) in [6.07, 6.45) is 1.54. The first kappa shape index (κ1) is 9.67. The zero-order valence-corrected chi connectivity index (χ0v) is 8.67. The SMILES string of the molecule is Cc1cc(CNS(=O)(=O)C2CC2)no1. The molecule has 0 atom stereocenters. The molecule has 0 amide bonds. The highest BCUT2D eigenvalue weighted by molar-refractivity contribution is 7.90. The minimum absolute atomic E-state index is 0.185. The topological polar surface area (TPSA) is 72.2 Å². The van der Waals surface area contributed by atoms with Crippen LogP contribution in [0.15, 0.2) is 10.6 Å². The van der Waals surface area contributed by atoms with Gasteiger partial charge < -0.3 is 4.52 Å². The molecular weight excluding hydrogens is 204 g/mol. The van der Waals surface area contributed by atoms with E-state index >= 15 is 0 Å². The van der Waals surface area contributed by atoms with Crippen LogP contribution in [0.5, 0.6) is 0 Å². The molecule has 0 saturated heterocycles. The second-order valence-electron chi connectivity index (χ2n) is 3.49. The summed E-state index contributed by atoms with van der Waals surface area (Å²) in [6.45, 7) is 1.99. The molecule has 6 heteroatoms. The fourth-order valence-electron chi connectivity index (χ4n) is 1.17. The third-order valence-corrected chi connectivity index (χ3v) is 3.99. The molecule has 0 aliphatic heterocycles. The number of aryl methyl sites for hydroxylation is 1. The summed E-state index contributed by atoms with van der Waals surface area (Å²) >= 11 is 0. The minimum atomic E-state index is -3.11. The van der Waals surface area contributed by atoms with Gasteiger partial charge in [0.05, 0.1) is 17.5 Å². The Morgan fingerprint density at radius 2 is 2.36 bits per heavy atom. The fraction of sp³-hybridized carbons (Fsp3) is 0.625. The highest BCUT2D eigenvalue weighted by atomic mass is 32.2. The number of aromatic nitrogens is 1. The molecule has 14 heavy (non-hydrogen) atoms. The van der Waals surface area contributed by atoms with Gasteiger partial charge in [-0.15, -0.1) is 0 Å². The van der Waals surface area contributed by atoms with Gasteiger partial charge in [-0.3, -0.25) is 0 Å². The van der Waals surface area contributed by atoms with E-state index in [1.807, 2.05) is 0 Å². The molecule has 0 aromatic carbocycles. The van der Waals surface area contributed by atoms with E-state index in [9.17, 15) is 8.42 Å². The van der Waals surface area contributed by atoms with E-state index < -0.39 is 10.0 Å². The van der Waals surface area contributed by atoms with Crippen molar-refractivity contribution in [2.45, 2.75) is 31.6 Å². The summed E-state index contributed by atoms with van der Waals surface area (Å²) in [6, 6.07) is 1.72. The molecule has 78 valence electrons. The van der Waals surface area contributed by atoms with Gasteiger partial charge in [0.15, 0.2) is 0 Å². The van der Waals surface area contributed by atoms with Crippen LogP contribution in [0.1, 0.15) is 24.3 Å². The van der Waals surface area contributed by atoms with E-state index in [1.54, 1.807) is 13.0 Å². The Morgan fingerprint density at radius 3 is 2.86 bits per heavy atom. The van der Waals surface area contributed by atoms with Crippen molar-refractivity contribution >= 4 is 10.0 Å². The lowest BCUT2D eigenvalue weighted by atomic mass is 10.4. The van der Waals surface area contributed by atoms with Crippen LogP contribution >= 0.6 is 0 Å². The van der Waals surface area contributed by atoms with Crippen LogP contribution in [-0.4, -0.2) is 18.8 Å². The number of nitrogens with one attached hydrogen (secondary N) is 1. The average Bonchev–Trinajstić information content (AvgIpc) is 2.89. The molecule has 1 aliphatic rings. The van der Waals surface area contributed by atoms with Crippen molar-refractivity contribution < 1.29 is 12.9 Å². The summed E-state index contributed by atoms with van der Waals surface area (Å²) in [5.74, 6) is 0.686. The van der Waals surface area contributed by atoms with Crippen LogP contribution in [0.25, 0.3) is 0 Å². The lowest BCUT2D eigenvalue weighted by molar-refractivity contribution is 0.390. The van der Waals surface area contributed by atoms with Crippen molar-refractivity contribution in [3.05, 3.63) is 17.5 Å². The molecule has 1 aromatic rings. The summed E-state index contributed by atoms with van der Waals surface area (Å²) < 4.78 is 30.1. The van der Waals surface area contributed by atoms with Crippen molar-refractivity contribution in [1.29, 1.82) is 0 Å². The van der Waals surface area contributed by atoms with E-state index in [4.69, 9.17) is 4.52 Å². The number of hydrogen-bond acceptors (Lipinski definition) is 4. The Labute approximate surface area is 82.5 Å². The van der Waals surface area contributed by atoms with E-state index in [0.29, 0.717) is 11.5 Å². The second kappa shape index (κ2) is 3.36. The van der Waals surface area contributed by atoms with Gasteiger partial charge in [0.2, 0.25) is 10.0 Å². The van der Waals surface area contributed by atoms with Crippen LogP contribution in [0.2, 0.25) is 0 Å². The highest BCUT2D eigenvalue weighted by Gasteiger charge is 2.35. The predicted octanol–water partition coefficient (Wildman–Crippen LogP) is 0.565. The first-order valence-electron chi connectivity index (χ1n) is 4.48. The maximum Gasteiger partial charge on any atom is 0.214 e. The van der Waals surface area contributed by atoms with E-state index in [0.717, 1.165) is 12.8 Å². The Bertz CT molecular complexity index is 420. The molecule has 0 bridgehead atoms. The summed E-state index contributed by atoms with van der Waals surface area (Å²) in [5.41, 5.74) is 0.617. The third-order valence-electron chi connectivity index (χ3n) is 2.09. The summed E-state index contributed by atoms with van der Waals surface area (Å²) in [7, 11) is -3.11. The van der Waals surface area contributed by atoms with Gasteiger partial charge >= 0.3 is 0 Å². The maximum absolute atomic E-state index is 11.4.